The third kappa shape index (κ3) is 4.44. The maximum absolute atomic E-state index is 13.5. The summed E-state index contributed by atoms with van der Waals surface area (Å²) in [6, 6.07) is 15.8. The van der Waals surface area contributed by atoms with Crippen LogP contribution in [-0.2, 0) is 6.42 Å². The van der Waals surface area contributed by atoms with Gasteiger partial charge < -0.3 is 15.8 Å². The normalized spacial score (nSPS) is 10.8. The lowest BCUT2D eigenvalue weighted by Gasteiger charge is -2.10. The molecule has 0 atom stereocenters. The molecule has 0 spiro atoms. The smallest absolute Gasteiger partial charge is 0.338 e. The molecule has 30 heavy (non-hydrogen) atoms. The largest absolute Gasteiger partial charge is 0.478 e. The van der Waals surface area contributed by atoms with Crippen LogP contribution >= 0.6 is 0 Å². The van der Waals surface area contributed by atoms with Crippen molar-refractivity contribution in [1.29, 1.82) is 0 Å². The number of amides is 2. The predicted molar refractivity (Wildman–Crippen MR) is 112 cm³/mol. The van der Waals surface area contributed by atoms with Gasteiger partial charge in [-0.15, -0.1) is 0 Å². The molecule has 0 aliphatic heterocycles. The van der Waals surface area contributed by atoms with Crippen LogP contribution in [0.5, 0.6) is 0 Å². The van der Waals surface area contributed by atoms with E-state index in [9.17, 15) is 19.5 Å². The summed E-state index contributed by atoms with van der Waals surface area (Å²) in [6.07, 6.45) is 1.68. The number of nitrogens with zero attached hydrogens (tertiary/aromatic N) is 1. The van der Waals surface area contributed by atoms with Crippen molar-refractivity contribution < 1.29 is 19.5 Å². The summed E-state index contributed by atoms with van der Waals surface area (Å²) in [6.45, 7) is 1.55. The minimum atomic E-state index is -1.24. The quantitative estimate of drug-likeness (QED) is 0.273. The topological polar surface area (TPSA) is 138 Å². The number of aromatic nitrogens is 1. The molecule has 152 valence electrons. The van der Waals surface area contributed by atoms with E-state index in [0.29, 0.717) is 17.7 Å². The minimum absolute atomic E-state index is 0.0319. The molecular formula is C22H20N4O4. The van der Waals surface area contributed by atoms with Gasteiger partial charge in [0.05, 0.1) is 23.0 Å². The first-order chi connectivity index (χ1) is 14.4. The summed E-state index contributed by atoms with van der Waals surface area (Å²) in [5.74, 6) is -1.70. The fourth-order valence-electron chi connectivity index (χ4n) is 3.26. The van der Waals surface area contributed by atoms with Crippen LogP contribution in [0.3, 0.4) is 0 Å². The molecule has 0 unspecified atom stereocenters. The van der Waals surface area contributed by atoms with Crippen molar-refractivity contribution >= 4 is 24.0 Å². The molecule has 0 bridgehead atoms. The number of benzene rings is 2. The van der Waals surface area contributed by atoms with Crippen molar-refractivity contribution in [1.82, 2.24) is 10.4 Å². The number of primary amides is 1. The second-order valence-electron chi connectivity index (χ2n) is 6.60. The Morgan fingerprint density at radius 1 is 1.07 bits per heavy atom. The molecule has 1 heterocycles. The van der Waals surface area contributed by atoms with Crippen LogP contribution in [0.15, 0.2) is 59.7 Å². The van der Waals surface area contributed by atoms with Gasteiger partial charge in [-0.3, -0.25) is 4.79 Å². The van der Waals surface area contributed by atoms with Gasteiger partial charge in [0.25, 0.3) is 0 Å². The number of urea groups is 1. The predicted octanol–water partition coefficient (Wildman–Crippen LogP) is 2.85. The number of aromatic carboxylic acids is 1. The summed E-state index contributed by atoms with van der Waals surface area (Å²) in [5, 5.41) is 13.3. The summed E-state index contributed by atoms with van der Waals surface area (Å²) in [4.78, 5) is 39.0. The molecule has 3 aromatic rings. The van der Waals surface area contributed by atoms with E-state index >= 15 is 0 Å². The number of hydrogen-bond acceptors (Lipinski definition) is 4. The molecule has 1 aromatic heterocycles. The molecule has 8 heteroatoms. The first kappa shape index (κ1) is 20.5. The monoisotopic (exact) mass is 404 g/mol. The first-order valence-electron chi connectivity index (χ1n) is 9.09. The number of hydrogen-bond donors (Lipinski definition) is 4. The summed E-state index contributed by atoms with van der Waals surface area (Å²) < 4.78 is 0. The Morgan fingerprint density at radius 2 is 1.73 bits per heavy atom. The molecule has 5 N–H and O–H groups in total. The number of carbonyl (C=O) groups is 3. The Morgan fingerprint density at radius 3 is 2.40 bits per heavy atom. The van der Waals surface area contributed by atoms with Crippen LogP contribution in [0, 0.1) is 6.92 Å². The van der Waals surface area contributed by atoms with Crippen molar-refractivity contribution in [2.75, 3.05) is 0 Å². The summed E-state index contributed by atoms with van der Waals surface area (Å²) in [5.41, 5.74) is 9.48. The minimum Gasteiger partial charge on any atom is -0.478 e. The zero-order valence-electron chi connectivity index (χ0n) is 16.2. The van der Waals surface area contributed by atoms with Gasteiger partial charge in [0.2, 0.25) is 0 Å². The van der Waals surface area contributed by atoms with E-state index in [1.54, 1.807) is 19.1 Å². The number of nitrogens with two attached hydrogens (primary N) is 1. The summed E-state index contributed by atoms with van der Waals surface area (Å²) in [7, 11) is 0. The fraction of sp³-hybridized carbons (Fsp3) is 0.0909. The molecule has 0 aliphatic rings. The van der Waals surface area contributed by atoms with Gasteiger partial charge in [-0.25, -0.2) is 15.0 Å². The van der Waals surface area contributed by atoms with Gasteiger partial charge in [0.1, 0.15) is 0 Å². The van der Waals surface area contributed by atoms with Crippen LogP contribution < -0.4 is 11.2 Å². The highest BCUT2D eigenvalue weighted by molar-refractivity contribution is 6.18. The fourth-order valence-corrected chi connectivity index (χ4v) is 3.26. The van der Waals surface area contributed by atoms with E-state index in [2.05, 4.69) is 10.1 Å². The molecule has 0 saturated carbocycles. The Bertz CT molecular complexity index is 1130. The number of ketones is 1. The highest BCUT2D eigenvalue weighted by atomic mass is 16.4. The van der Waals surface area contributed by atoms with Crippen molar-refractivity contribution in [2.45, 2.75) is 13.3 Å². The third-order valence-electron chi connectivity index (χ3n) is 4.53. The van der Waals surface area contributed by atoms with Crippen LogP contribution in [-0.4, -0.2) is 34.1 Å². The molecule has 2 aromatic carbocycles. The van der Waals surface area contributed by atoms with Gasteiger partial charge in [0.15, 0.2) is 5.78 Å². The number of aromatic amines is 1. The standard InChI is InChI=1S/C22H20N4O4/c1-13-18(21(28)29)19(17(25-13)12-24-26-22(23)30)20(27)16-10-6-5-9-15(16)11-14-7-3-2-4-8-14/h2-10,12,25H,11H2,1H3,(H,28,29)(H3,23,26,30)/b24-12+. The van der Waals surface area contributed by atoms with Gasteiger partial charge in [-0.05, 0) is 24.5 Å². The molecular weight excluding hydrogens is 384 g/mol. The number of hydrazone groups is 1. The van der Waals surface area contributed by atoms with E-state index in [-0.39, 0.29) is 16.8 Å². The first-order valence-corrected chi connectivity index (χ1v) is 9.09. The van der Waals surface area contributed by atoms with Crippen LogP contribution in [0.4, 0.5) is 4.79 Å². The lowest BCUT2D eigenvalue weighted by Crippen LogP contribution is -2.24. The zero-order chi connectivity index (χ0) is 21.7. The van der Waals surface area contributed by atoms with Crippen LogP contribution in [0.2, 0.25) is 0 Å². The Hall–Kier alpha value is -4.20. The van der Waals surface area contributed by atoms with E-state index < -0.39 is 17.8 Å². The van der Waals surface area contributed by atoms with E-state index in [0.717, 1.165) is 17.3 Å². The van der Waals surface area contributed by atoms with E-state index in [1.165, 1.54) is 0 Å². The second kappa shape index (κ2) is 8.87. The Labute approximate surface area is 172 Å². The molecule has 0 aliphatic carbocycles. The van der Waals surface area contributed by atoms with Crippen LogP contribution in [0.1, 0.15) is 48.8 Å². The van der Waals surface area contributed by atoms with Gasteiger partial charge in [0, 0.05) is 11.3 Å². The Kier molecular flexibility index (Phi) is 6.07. The number of carboxylic acids is 1. The van der Waals surface area contributed by atoms with Crippen molar-refractivity contribution in [2.24, 2.45) is 10.8 Å². The maximum Gasteiger partial charge on any atom is 0.338 e. The number of rotatable bonds is 7. The van der Waals surface area contributed by atoms with E-state index in [4.69, 9.17) is 5.73 Å². The second-order valence-corrected chi connectivity index (χ2v) is 6.60. The van der Waals surface area contributed by atoms with Crippen molar-refractivity contribution in [3.8, 4) is 0 Å². The van der Waals surface area contributed by atoms with Gasteiger partial charge >= 0.3 is 12.0 Å². The number of H-pyrrole nitrogens is 1. The van der Waals surface area contributed by atoms with Crippen molar-refractivity contribution in [3.05, 3.63) is 93.8 Å². The molecule has 0 saturated heterocycles. The molecule has 2 amide bonds. The van der Waals surface area contributed by atoms with E-state index in [1.807, 2.05) is 47.9 Å². The lowest BCUT2D eigenvalue weighted by atomic mass is 9.92. The Balaban J connectivity index is 2.08. The maximum atomic E-state index is 13.5. The van der Waals surface area contributed by atoms with Crippen LogP contribution in [0.25, 0.3) is 0 Å². The summed E-state index contributed by atoms with van der Waals surface area (Å²) >= 11 is 0. The number of carboxylic acid groups (broad SMARTS) is 1. The molecule has 8 nitrogen and oxygen atoms in total. The van der Waals surface area contributed by atoms with Gasteiger partial charge in [-0.2, -0.15) is 5.10 Å². The lowest BCUT2D eigenvalue weighted by molar-refractivity contribution is 0.0692. The molecule has 0 radical (unpaired) electrons. The number of nitrogens with one attached hydrogen (secondary N) is 2. The van der Waals surface area contributed by atoms with Gasteiger partial charge in [-0.1, -0.05) is 54.6 Å². The number of carbonyl (C=O) groups excluding carboxylic acids is 2. The highest BCUT2D eigenvalue weighted by Crippen LogP contribution is 2.24. The average Bonchev–Trinajstić information content (AvgIpc) is 3.04. The molecule has 0 fully saturated rings. The average molecular weight is 404 g/mol. The van der Waals surface area contributed by atoms with Crippen molar-refractivity contribution in [3.63, 3.8) is 0 Å². The SMILES string of the molecule is Cc1[nH]c(/C=N/NC(N)=O)c(C(=O)c2ccccc2Cc2ccccc2)c1C(=O)O. The third-order valence-corrected chi connectivity index (χ3v) is 4.53. The zero-order valence-corrected chi connectivity index (χ0v) is 16.2. The highest BCUT2D eigenvalue weighted by Gasteiger charge is 2.27. The molecule has 3 rings (SSSR count). The number of aryl methyl sites for hydroxylation is 1.